The van der Waals surface area contributed by atoms with Crippen molar-refractivity contribution in [1.29, 1.82) is 0 Å². The van der Waals surface area contributed by atoms with Crippen LogP contribution in [0.2, 0.25) is 0 Å². The predicted molar refractivity (Wildman–Crippen MR) is 116 cm³/mol. The monoisotopic (exact) mass is 473 g/mol. The maximum Gasteiger partial charge on any atom is 0.416 e. The Morgan fingerprint density at radius 1 is 1.06 bits per heavy atom. The SMILES string of the molecule is O=C(NCC(=O)N1CCC(Oc2cccc(C(F)(F)F)c2)CC1)c1cc(-c2ccccc2)on1. The minimum atomic E-state index is -4.44. The molecule has 1 aliphatic heterocycles. The highest BCUT2D eigenvalue weighted by Crippen LogP contribution is 2.32. The molecule has 0 atom stereocenters. The third kappa shape index (κ3) is 5.75. The molecule has 10 heteroatoms. The standard InChI is InChI=1S/C24H22F3N3O4/c25-24(26,27)17-7-4-8-19(13-17)33-18-9-11-30(12-10-18)22(31)15-28-23(32)20-14-21(34-29-20)16-5-2-1-3-6-16/h1-8,13-14,18H,9-12,15H2,(H,28,32). The van der Waals surface area contributed by atoms with Gasteiger partial charge in [-0.2, -0.15) is 13.2 Å². The first-order chi connectivity index (χ1) is 16.3. The molecule has 2 heterocycles. The zero-order valence-corrected chi connectivity index (χ0v) is 18.0. The highest BCUT2D eigenvalue weighted by molar-refractivity contribution is 5.95. The van der Waals surface area contributed by atoms with Crippen LogP contribution in [0.25, 0.3) is 11.3 Å². The van der Waals surface area contributed by atoms with Crippen LogP contribution in [0.15, 0.2) is 65.2 Å². The van der Waals surface area contributed by atoms with E-state index in [4.69, 9.17) is 9.26 Å². The molecule has 1 fully saturated rings. The van der Waals surface area contributed by atoms with Crippen molar-refractivity contribution in [2.24, 2.45) is 0 Å². The third-order valence-electron chi connectivity index (χ3n) is 5.46. The van der Waals surface area contributed by atoms with Crippen molar-refractivity contribution in [2.45, 2.75) is 25.1 Å². The molecule has 1 N–H and O–H groups in total. The van der Waals surface area contributed by atoms with E-state index >= 15 is 0 Å². The van der Waals surface area contributed by atoms with Crippen LogP contribution >= 0.6 is 0 Å². The minimum Gasteiger partial charge on any atom is -0.490 e. The van der Waals surface area contributed by atoms with E-state index < -0.39 is 17.6 Å². The molecule has 0 saturated carbocycles. The third-order valence-corrected chi connectivity index (χ3v) is 5.46. The van der Waals surface area contributed by atoms with E-state index in [-0.39, 0.29) is 30.0 Å². The van der Waals surface area contributed by atoms with Crippen LogP contribution in [0, 0.1) is 0 Å². The lowest BCUT2D eigenvalue weighted by Gasteiger charge is -2.32. The number of amides is 2. The summed E-state index contributed by atoms with van der Waals surface area (Å²) in [7, 11) is 0. The fraction of sp³-hybridized carbons (Fsp3) is 0.292. The Kier molecular flexibility index (Phi) is 6.85. The number of piperidine rings is 1. The van der Waals surface area contributed by atoms with Gasteiger partial charge in [-0.1, -0.05) is 41.6 Å². The van der Waals surface area contributed by atoms with E-state index in [1.165, 1.54) is 18.2 Å². The molecule has 4 rings (SSSR count). The van der Waals surface area contributed by atoms with Crippen molar-refractivity contribution in [2.75, 3.05) is 19.6 Å². The first kappa shape index (κ1) is 23.3. The van der Waals surface area contributed by atoms with Crippen LogP contribution in [0.3, 0.4) is 0 Å². The number of benzene rings is 2. The van der Waals surface area contributed by atoms with Gasteiger partial charge < -0.3 is 19.5 Å². The fourth-order valence-corrected chi connectivity index (χ4v) is 3.64. The number of carbonyl (C=O) groups is 2. The highest BCUT2D eigenvalue weighted by atomic mass is 19.4. The van der Waals surface area contributed by atoms with Crippen LogP contribution in [0.1, 0.15) is 28.9 Å². The van der Waals surface area contributed by atoms with Gasteiger partial charge in [0.05, 0.1) is 12.1 Å². The van der Waals surface area contributed by atoms with E-state index in [2.05, 4.69) is 10.5 Å². The Morgan fingerprint density at radius 2 is 1.79 bits per heavy atom. The molecule has 1 saturated heterocycles. The van der Waals surface area contributed by atoms with Crippen molar-refractivity contribution >= 4 is 11.8 Å². The Labute approximate surface area is 193 Å². The average molecular weight is 473 g/mol. The molecular formula is C24H22F3N3O4. The molecule has 0 unspecified atom stereocenters. The number of ether oxygens (including phenoxy) is 1. The number of nitrogens with zero attached hydrogens (tertiary/aromatic N) is 2. The second kappa shape index (κ2) is 9.98. The Balaban J connectivity index is 1.23. The van der Waals surface area contributed by atoms with E-state index in [9.17, 15) is 22.8 Å². The van der Waals surface area contributed by atoms with Crippen molar-refractivity contribution in [3.63, 3.8) is 0 Å². The minimum absolute atomic E-state index is 0.0693. The summed E-state index contributed by atoms with van der Waals surface area (Å²) in [6, 6.07) is 15.4. The topological polar surface area (TPSA) is 84.7 Å². The maximum absolute atomic E-state index is 12.9. The molecule has 34 heavy (non-hydrogen) atoms. The molecule has 178 valence electrons. The van der Waals surface area contributed by atoms with Gasteiger partial charge in [0.25, 0.3) is 5.91 Å². The molecule has 0 spiro atoms. The lowest BCUT2D eigenvalue weighted by Crippen LogP contribution is -2.46. The number of rotatable bonds is 6. The zero-order valence-electron chi connectivity index (χ0n) is 18.0. The van der Waals surface area contributed by atoms with Crippen molar-refractivity contribution in [3.05, 3.63) is 71.9 Å². The smallest absolute Gasteiger partial charge is 0.416 e. The molecule has 7 nitrogen and oxygen atoms in total. The van der Waals surface area contributed by atoms with Crippen LogP contribution in [0.4, 0.5) is 13.2 Å². The van der Waals surface area contributed by atoms with Gasteiger partial charge in [-0.3, -0.25) is 9.59 Å². The first-order valence-electron chi connectivity index (χ1n) is 10.7. The number of aromatic nitrogens is 1. The second-order valence-electron chi connectivity index (χ2n) is 7.85. The molecule has 1 aliphatic rings. The van der Waals surface area contributed by atoms with Gasteiger partial charge in [-0.25, -0.2) is 0 Å². The summed E-state index contributed by atoms with van der Waals surface area (Å²) in [5.74, 6) is -0.200. The quantitative estimate of drug-likeness (QED) is 0.581. The number of nitrogens with one attached hydrogen (secondary N) is 1. The van der Waals surface area contributed by atoms with Gasteiger partial charge >= 0.3 is 6.18 Å². The molecule has 1 aromatic heterocycles. The van der Waals surface area contributed by atoms with E-state index in [0.29, 0.717) is 31.7 Å². The van der Waals surface area contributed by atoms with Crippen LogP contribution in [0.5, 0.6) is 5.75 Å². The van der Waals surface area contributed by atoms with Crippen molar-refractivity contribution in [1.82, 2.24) is 15.4 Å². The summed E-state index contributed by atoms with van der Waals surface area (Å²) in [6.07, 6.45) is -3.79. The van der Waals surface area contributed by atoms with Gasteiger partial charge in [0.2, 0.25) is 5.91 Å². The highest BCUT2D eigenvalue weighted by Gasteiger charge is 2.31. The normalized spacial score (nSPS) is 14.6. The number of likely N-dealkylation sites (tertiary alicyclic amines) is 1. The average Bonchev–Trinajstić information content (AvgIpc) is 3.34. The number of hydrogen-bond acceptors (Lipinski definition) is 5. The van der Waals surface area contributed by atoms with E-state index in [0.717, 1.165) is 17.7 Å². The van der Waals surface area contributed by atoms with Gasteiger partial charge in [0, 0.05) is 37.6 Å². The summed E-state index contributed by atoms with van der Waals surface area (Å²) >= 11 is 0. The zero-order chi connectivity index (χ0) is 24.1. The lowest BCUT2D eigenvalue weighted by atomic mass is 10.1. The number of halogens is 3. The fourth-order valence-electron chi connectivity index (χ4n) is 3.64. The number of alkyl halides is 3. The van der Waals surface area contributed by atoms with Crippen LogP contribution < -0.4 is 10.1 Å². The van der Waals surface area contributed by atoms with Crippen LogP contribution in [-0.2, 0) is 11.0 Å². The number of carbonyl (C=O) groups excluding carboxylic acids is 2. The Morgan fingerprint density at radius 3 is 2.50 bits per heavy atom. The van der Waals surface area contributed by atoms with Gasteiger partial charge in [-0.15, -0.1) is 0 Å². The predicted octanol–water partition coefficient (Wildman–Crippen LogP) is 4.16. The molecular weight excluding hydrogens is 451 g/mol. The summed E-state index contributed by atoms with van der Waals surface area (Å²) in [6.45, 7) is 0.548. The van der Waals surface area contributed by atoms with Crippen molar-refractivity contribution < 1.29 is 32.0 Å². The van der Waals surface area contributed by atoms with Crippen molar-refractivity contribution in [3.8, 4) is 17.1 Å². The largest absolute Gasteiger partial charge is 0.490 e. The molecule has 2 aromatic carbocycles. The summed E-state index contributed by atoms with van der Waals surface area (Å²) in [5, 5.41) is 6.30. The van der Waals surface area contributed by atoms with E-state index in [1.54, 1.807) is 4.90 Å². The maximum atomic E-state index is 12.9. The van der Waals surface area contributed by atoms with Gasteiger partial charge in [0.15, 0.2) is 11.5 Å². The number of hydrogen-bond donors (Lipinski definition) is 1. The molecule has 2 amide bonds. The second-order valence-corrected chi connectivity index (χ2v) is 7.85. The molecule has 0 radical (unpaired) electrons. The Bertz CT molecular complexity index is 1140. The summed E-state index contributed by atoms with van der Waals surface area (Å²) in [5.41, 5.74) is 0.0801. The first-order valence-corrected chi connectivity index (χ1v) is 10.7. The molecule has 0 aliphatic carbocycles. The van der Waals surface area contributed by atoms with E-state index in [1.807, 2.05) is 30.3 Å². The van der Waals surface area contributed by atoms with Gasteiger partial charge in [0.1, 0.15) is 11.9 Å². The van der Waals surface area contributed by atoms with Gasteiger partial charge in [-0.05, 0) is 18.2 Å². The Hall–Kier alpha value is -3.82. The molecule has 3 aromatic rings. The summed E-state index contributed by atoms with van der Waals surface area (Å²) < 4.78 is 49.5. The summed E-state index contributed by atoms with van der Waals surface area (Å²) in [4.78, 5) is 26.4. The van der Waals surface area contributed by atoms with Crippen LogP contribution in [-0.4, -0.2) is 47.6 Å². The molecule has 0 bridgehead atoms. The lowest BCUT2D eigenvalue weighted by molar-refractivity contribution is -0.138.